The molecule has 0 radical (unpaired) electrons. The molecule has 2 atom stereocenters. The van der Waals surface area contributed by atoms with Crippen LogP contribution in [0.15, 0.2) is 28.7 Å². The van der Waals surface area contributed by atoms with Gasteiger partial charge in [0.25, 0.3) is 0 Å². The first-order valence-electron chi connectivity index (χ1n) is 6.49. The van der Waals surface area contributed by atoms with Gasteiger partial charge in [-0.2, -0.15) is 11.8 Å². The van der Waals surface area contributed by atoms with Crippen molar-refractivity contribution < 1.29 is 9.84 Å². The number of halogens is 1. The molecule has 0 bridgehead atoms. The van der Waals surface area contributed by atoms with Gasteiger partial charge in [-0.15, -0.1) is 0 Å². The van der Waals surface area contributed by atoms with Crippen molar-refractivity contribution in [3.05, 3.63) is 28.7 Å². The van der Waals surface area contributed by atoms with Crippen LogP contribution < -0.4 is 4.74 Å². The van der Waals surface area contributed by atoms with Crippen molar-refractivity contribution in [2.75, 3.05) is 31.7 Å². The number of nitrogens with zero attached hydrogens (tertiary/aromatic N) is 1. The van der Waals surface area contributed by atoms with E-state index in [1.807, 2.05) is 36.0 Å². The maximum absolute atomic E-state index is 10.0. The van der Waals surface area contributed by atoms with E-state index in [0.717, 1.165) is 10.2 Å². The molecule has 1 aromatic rings. The van der Waals surface area contributed by atoms with Gasteiger partial charge in [0.05, 0.1) is 0 Å². The predicted molar refractivity (Wildman–Crippen MR) is 84.0 cm³/mol. The SMILES string of the molecule is CN(CC(O)COc1ccc(Br)cc1)C1CCSC1. The van der Waals surface area contributed by atoms with Crippen LogP contribution in [0.5, 0.6) is 5.75 Å². The number of aliphatic hydroxyl groups excluding tert-OH is 1. The third kappa shape index (κ3) is 4.99. The second-order valence-electron chi connectivity index (χ2n) is 4.88. The smallest absolute Gasteiger partial charge is 0.119 e. The molecule has 2 rings (SSSR count). The third-order valence-electron chi connectivity index (χ3n) is 3.28. The van der Waals surface area contributed by atoms with Crippen LogP contribution in [0.1, 0.15) is 6.42 Å². The molecule has 1 N–H and O–H groups in total. The van der Waals surface area contributed by atoms with Gasteiger partial charge >= 0.3 is 0 Å². The van der Waals surface area contributed by atoms with Gasteiger partial charge in [0, 0.05) is 22.8 Å². The summed E-state index contributed by atoms with van der Waals surface area (Å²) in [5.41, 5.74) is 0. The highest BCUT2D eigenvalue weighted by atomic mass is 79.9. The Morgan fingerprint density at radius 2 is 2.21 bits per heavy atom. The van der Waals surface area contributed by atoms with E-state index in [1.165, 1.54) is 17.9 Å². The number of hydrogen-bond donors (Lipinski definition) is 1. The molecule has 0 aliphatic carbocycles. The second-order valence-corrected chi connectivity index (χ2v) is 6.94. The summed E-state index contributed by atoms with van der Waals surface area (Å²) in [4.78, 5) is 2.25. The van der Waals surface area contributed by atoms with Crippen molar-refractivity contribution >= 4 is 27.7 Å². The largest absolute Gasteiger partial charge is 0.491 e. The van der Waals surface area contributed by atoms with Crippen LogP contribution >= 0.6 is 27.7 Å². The molecule has 5 heteroatoms. The number of likely N-dealkylation sites (N-methyl/N-ethyl adjacent to an activating group) is 1. The lowest BCUT2D eigenvalue weighted by molar-refractivity contribution is 0.0664. The number of hydrogen-bond acceptors (Lipinski definition) is 4. The van der Waals surface area contributed by atoms with Crippen molar-refractivity contribution in [1.29, 1.82) is 0 Å². The van der Waals surface area contributed by atoms with E-state index < -0.39 is 6.10 Å². The van der Waals surface area contributed by atoms with E-state index in [-0.39, 0.29) is 0 Å². The Kier molecular flexibility index (Phi) is 6.01. The van der Waals surface area contributed by atoms with E-state index in [9.17, 15) is 5.11 Å². The van der Waals surface area contributed by atoms with Gasteiger partial charge in [0.1, 0.15) is 18.5 Å². The summed E-state index contributed by atoms with van der Waals surface area (Å²) in [5.74, 6) is 3.21. The highest BCUT2D eigenvalue weighted by molar-refractivity contribution is 9.10. The van der Waals surface area contributed by atoms with E-state index in [1.54, 1.807) is 0 Å². The average Bonchev–Trinajstić information content (AvgIpc) is 2.92. The van der Waals surface area contributed by atoms with Crippen molar-refractivity contribution in [1.82, 2.24) is 4.90 Å². The first-order chi connectivity index (χ1) is 9.15. The average molecular weight is 346 g/mol. The van der Waals surface area contributed by atoms with E-state index in [2.05, 4.69) is 27.9 Å². The molecule has 106 valence electrons. The first-order valence-corrected chi connectivity index (χ1v) is 8.44. The minimum absolute atomic E-state index is 0.339. The Morgan fingerprint density at radius 3 is 2.84 bits per heavy atom. The third-order valence-corrected chi connectivity index (χ3v) is 4.96. The lowest BCUT2D eigenvalue weighted by atomic mass is 10.2. The van der Waals surface area contributed by atoms with E-state index in [0.29, 0.717) is 19.2 Å². The maximum Gasteiger partial charge on any atom is 0.119 e. The normalized spacial score (nSPS) is 20.7. The summed E-state index contributed by atoms with van der Waals surface area (Å²) in [7, 11) is 2.08. The van der Waals surface area contributed by atoms with Crippen LogP contribution in [0.4, 0.5) is 0 Å². The predicted octanol–water partition coefficient (Wildman–Crippen LogP) is 2.63. The Bertz CT molecular complexity index is 382. The van der Waals surface area contributed by atoms with E-state index >= 15 is 0 Å². The molecule has 1 aliphatic rings. The van der Waals surface area contributed by atoms with Crippen LogP contribution in [0, 0.1) is 0 Å². The zero-order chi connectivity index (χ0) is 13.7. The van der Waals surface area contributed by atoms with Crippen LogP contribution in [0.25, 0.3) is 0 Å². The highest BCUT2D eigenvalue weighted by Gasteiger charge is 2.21. The van der Waals surface area contributed by atoms with Gasteiger partial charge in [-0.25, -0.2) is 0 Å². The van der Waals surface area contributed by atoms with Gasteiger partial charge in [0.2, 0.25) is 0 Å². The van der Waals surface area contributed by atoms with Gasteiger partial charge < -0.3 is 9.84 Å². The Labute approximate surface area is 127 Å². The van der Waals surface area contributed by atoms with Crippen molar-refractivity contribution in [2.45, 2.75) is 18.6 Å². The number of aliphatic hydroxyl groups is 1. The topological polar surface area (TPSA) is 32.7 Å². The molecule has 3 nitrogen and oxygen atoms in total. The van der Waals surface area contributed by atoms with Gasteiger partial charge in [-0.1, -0.05) is 15.9 Å². The molecule has 0 amide bonds. The Balaban J connectivity index is 1.71. The summed E-state index contributed by atoms with van der Waals surface area (Å²) < 4.78 is 6.61. The fraction of sp³-hybridized carbons (Fsp3) is 0.571. The minimum Gasteiger partial charge on any atom is -0.491 e. The summed E-state index contributed by atoms with van der Waals surface area (Å²) in [6, 6.07) is 8.27. The lowest BCUT2D eigenvalue weighted by Gasteiger charge is -2.26. The molecule has 1 heterocycles. The minimum atomic E-state index is -0.445. The van der Waals surface area contributed by atoms with Crippen molar-refractivity contribution in [2.24, 2.45) is 0 Å². The van der Waals surface area contributed by atoms with Crippen LogP contribution in [0.2, 0.25) is 0 Å². The van der Waals surface area contributed by atoms with Gasteiger partial charge in [0.15, 0.2) is 0 Å². The van der Waals surface area contributed by atoms with Crippen LogP contribution in [0.3, 0.4) is 0 Å². The summed E-state index contributed by atoms with van der Waals surface area (Å²) >= 11 is 5.37. The zero-order valence-corrected chi connectivity index (χ0v) is 13.5. The molecule has 1 fully saturated rings. The number of thioether (sulfide) groups is 1. The molecule has 19 heavy (non-hydrogen) atoms. The standard InChI is InChI=1S/C14H20BrNO2S/c1-16(12-6-7-19-10-12)8-13(17)9-18-14-4-2-11(15)3-5-14/h2-5,12-13,17H,6-10H2,1H3. The monoisotopic (exact) mass is 345 g/mol. The van der Waals surface area contributed by atoms with Crippen LogP contribution in [-0.4, -0.2) is 53.9 Å². The molecule has 1 saturated heterocycles. The summed E-state index contributed by atoms with van der Waals surface area (Å²) in [6.45, 7) is 1.01. The highest BCUT2D eigenvalue weighted by Crippen LogP contribution is 2.21. The quantitative estimate of drug-likeness (QED) is 0.858. The second kappa shape index (κ2) is 7.53. The summed E-state index contributed by atoms with van der Waals surface area (Å²) in [6.07, 6.45) is 0.779. The lowest BCUT2D eigenvalue weighted by Crippen LogP contribution is -2.39. The molecular weight excluding hydrogens is 326 g/mol. The molecule has 2 unspecified atom stereocenters. The van der Waals surface area contributed by atoms with Gasteiger partial charge in [-0.05, 0) is 43.5 Å². The zero-order valence-electron chi connectivity index (χ0n) is 11.1. The molecular formula is C14H20BrNO2S. The first kappa shape index (κ1) is 15.2. The molecule has 1 aliphatic heterocycles. The number of ether oxygens (including phenoxy) is 1. The Hall–Kier alpha value is -0.230. The van der Waals surface area contributed by atoms with Crippen LogP contribution in [-0.2, 0) is 0 Å². The fourth-order valence-corrected chi connectivity index (χ4v) is 3.69. The van der Waals surface area contributed by atoms with Crippen molar-refractivity contribution in [3.8, 4) is 5.75 Å². The number of benzene rings is 1. The summed E-state index contributed by atoms with van der Waals surface area (Å²) in [5, 5.41) is 10.0. The molecule has 0 spiro atoms. The fourth-order valence-electron chi connectivity index (χ4n) is 2.13. The maximum atomic E-state index is 10.0. The Morgan fingerprint density at radius 1 is 1.47 bits per heavy atom. The molecule has 0 saturated carbocycles. The molecule has 1 aromatic carbocycles. The van der Waals surface area contributed by atoms with E-state index in [4.69, 9.17) is 4.74 Å². The number of rotatable bonds is 6. The van der Waals surface area contributed by atoms with Gasteiger partial charge in [-0.3, -0.25) is 4.90 Å². The molecule has 0 aromatic heterocycles. The van der Waals surface area contributed by atoms with Crippen molar-refractivity contribution in [3.63, 3.8) is 0 Å².